The molecule has 2 nitrogen and oxygen atoms in total. The first-order valence-electron chi connectivity index (χ1n) is 5.99. The fraction of sp³-hybridized carbons (Fsp3) is 1.00. The van der Waals surface area contributed by atoms with Gasteiger partial charge in [-0.3, -0.25) is 0 Å². The maximum absolute atomic E-state index is 12.7. The Morgan fingerprint density at radius 3 is 2.59 bits per heavy atom. The highest BCUT2D eigenvalue weighted by Crippen LogP contribution is 2.30. The number of hydrogen-bond acceptors (Lipinski definition) is 2. The van der Waals surface area contributed by atoms with Crippen LogP contribution in [0.2, 0.25) is 0 Å². The molecule has 0 aromatic carbocycles. The van der Waals surface area contributed by atoms with Crippen molar-refractivity contribution in [1.82, 2.24) is 10.6 Å². The third-order valence-corrected chi connectivity index (χ3v) is 3.29. The molecule has 0 aliphatic carbocycles. The van der Waals surface area contributed by atoms with E-state index in [-0.39, 0.29) is 5.41 Å². The summed E-state index contributed by atoms with van der Waals surface area (Å²) in [4.78, 5) is 0. The molecular formula is C11H20F4N2. The first kappa shape index (κ1) is 14.7. The molecule has 0 spiro atoms. The van der Waals surface area contributed by atoms with E-state index in [4.69, 9.17) is 0 Å². The van der Waals surface area contributed by atoms with E-state index in [1.165, 1.54) is 0 Å². The van der Waals surface area contributed by atoms with Crippen molar-refractivity contribution in [1.29, 1.82) is 0 Å². The third-order valence-electron chi connectivity index (χ3n) is 3.29. The molecule has 1 aliphatic heterocycles. The number of nitrogens with one attached hydrogen (secondary N) is 2. The standard InChI is InChI=1S/C11H20F4N2/c1-2-3-10(4-5-16-6-10)7-17-8-11(14,15)9(12)13/h9,16-17H,2-8H2,1H3. The molecule has 1 saturated heterocycles. The molecule has 0 aromatic rings. The van der Waals surface area contributed by atoms with Gasteiger partial charge in [0, 0.05) is 13.1 Å². The van der Waals surface area contributed by atoms with Crippen LogP contribution in [0, 0.1) is 5.41 Å². The average Bonchev–Trinajstić information content (AvgIpc) is 2.67. The lowest BCUT2D eigenvalue weighted by molar-refractivity contribution is -0.125. The van der Waals surface area contributed by atoms with Crippen LogP contribution < -0.4 is 10.6 Å². The molecule has 0 bridgehead atoms. The zero-order chi connectivity index (χ0) is 12.9. The second-order valence-corrected chi connectivity index (χ2v) is 4.84. The summed E-state index contributed by atoms with van der Waals surface area (Å²) in [7, 11) is 0. The Morgan fingerprint density at radius 1 is 1.41 bits per heavy atom. The first-order chi connectivity index (χ1) is 7.92. The van der Waals surface area contributed by atoms with E-state index < -0.39 is 18.9 Å². The van der Waals surface area contributed by atoms with Gasteiger partial charge in [0.1, 0.15) is 0 Å². The van der Waals surface area contributed by atoms with E-state index in [0.29, 0.717) is 6.54 Å². The lowest BCUT2D eigenvalue weighted by Gasteiger charge is -2.29. The smallest absolute Gasteiger partial charge is 0.316 e. The van der Waals surface area contributed by atoms with E-state index in [2.05, 4.69) is 10.6 Å². The highest BCUT2D eigenvalue weighted by molar-refractivity contribution is 4.90. The summed E-state index contributed by atoms with van der Waals surface area (Å²) >= 11 is 0. The van der Waals surface area contributed by atoms with E-state index in [1.54, 1.807) is 0 Å². The summed E-state index contributed by atoms with van der Waals surface area (Å²) < 4.78 is 49.3. The molecule has 0 saturated carbocycles. The molecule has 1 atom stereocenters. The predicted octanol–water partition coefficient (Wildman–Crippen LogP) is 2.26. The van der Waals surface area contributed by atoms with Gasteiger partial charge in [-0.2, -0.15) is 8.78 Å². The van der Waals surface area contributed by atoms with Gasteiger partial charge >= 0.3 is 12.3 Å². The van der Waals surface area contributed by atoms with Crippen LogP contribution in [-0.2, 0) is 0 Å². The summed E-state index contributed by atoms with van der Waals surface area (Å²) in [5.41, 5.74) is -0.0487. The van der Waals surface area contributed by atoms with Gasteiger partial charge in [0.15, 0.2) is 0 Å². The molecule has 102 valence electrons. The molecule has 0 amide bonds. The summed E-state index contributed by atoms with van der Waals surface area (Å²) in [5, 5.41) is 5.70. The lowest BCUT2D eigenvalue weighted by atomic mass is 9.82. The van der Waals surface area contributed by atoms with Crippen molar-refractivity contribution in [3.05, 3.63) is 0 Å². The van der Waals surface area contributed by atoms with Gasteiger partial charge in [0.2, 0.25) is 0 Å². The van der Waals surface area contributed by atoms with Crippen molar-refractivity contribution in [3.63, 3.8) is 0 Å². The van der Waals surface area contributed by atoms with Gasteiger partial charge in [-0.25, -0.2) is 8.78 Å². The topological polar surface area (TPSA) is 24.1 Å². The third kappa shape index (κ3) is 4.10. The molecule has 17 heavy (non-hydrogen) atoms. The lowest BCUT2D eigenvalue weighted by Crippen LogP contribution is -2.44. The molecule has 0 aromatic heterocycles. The van der Waals surface area contributed by atoms with E-state index in [0.717, 1.165) is 32.4 Å². The van der Waals surface area contributed by atoms with Crippen LogP contribution in [0.5, 0.6) is 0 Å². The molecule has 0 radical (unpaired) electrons. The van der Waals surface area contributed by atoms with Crippen molar-refractivity contribution >= 4 is 0 Å². The second-order valence-electron chi connectivity index (χ2n) is 4.84. The molecule has 6 heteroatoms. The number of hydrogen-bond donors (Lipinski definition) is 2. The Balaban J connectivity index is 2.38. The summed E-state index contributed by atoms with van der Waals surface area (Å²) in [6.45, 7) is 3.10. The van der Waals surface area contributed by atoms with Crippen LogP contribution in [0.1, 0.15) is 26.2 Å². The van der Waals surface area contributed by atoms with Gasteiger partial charge in [0.05, 0.1) is 6.54 Å². The predicted molar refractivity (Wildman–Crippen MR) is 58.6 cm³/mol. The normalized spacial score (nSPS) is 25.8. The van der Waals surface area contributed by atoms with Crippen molar-refractivity contribution in [2.75, 3.05) is 26.2 Å². The van der Waals surface area contributed by atoms with Crippen molar-refractivity contribution in [2.45, 2.75) is 38.5 Å². The van der Waals surface area contributed by atoms with Crippen LogP contribution in [0.3, 0.4) is 0 Å². The van der Waals surface area contributed by atoms with Crippen LogP contribution in [0.25, 0.3) is 0 Å². The zero-order valence-corrected chi connectivity index (χ0v) is 10.0. The van der Waals surface area contributed by atoms with Gasteiger partial charge in [-0.1, -0.05) is 13.3 Å². The van der Waals surface area contributed by atoms with Crippen LogP contribution in [0.15, 0.2) is 0 Å². The monoisotopic (exact) mass is 256 g/mol. The number of halogens is 4. The number of alkyl halides is 4. The van der Waals surface area contributed by atoms with E-state index >= 15 is 0 Å². The van der Waals surface area contributed by atoms with Crippen molar-refractivity contribution in [2.24, 2.45) is 5.41 Å². The highest BCUT2D eigenvalue weighted by Gasteiger charge is 2.41. The van der Waals surface area contributed by atoms with Crippen molar-refractivity contribution in [3.8, 4) is 0 Å². The SMILES string of the molecule is CCCC1(CNCC(F)(F)C(F)F)CCNC1. The fourth-order valence-corrected chi connectivity index (χ4v) is 2.35. The quantitative estimate of drug-likeness (QED) is 0.683. The molecule has 2 N–H and O–H groups in total. The minimum atomic E-state index is -3.93. The maximum Gasteiger partial charge on any atom is 0.319 e. The summed E-state index contributed by atoms with van der Waals surface area (Å²) in [5.74, 6) is -3.93. The first-order valence-corrected chi connectivity index (χ1v) is 5.99. The van der Waals surface area contributed by atoms with Crippen LogP contribution in [-0.4, -0.2) is 38.5 Å². The van der Waals surface area contributed by atoms with Gasteiger partial charge in [-0.05, 0) is 24.8 Å². The molecule has 1 fully saturated rings. The molecule has 1 aliphatic rings. The molecule has 1 rings (SSSR count). The van der Waals surface area contributed by atoms with Gasteiger partial charge in [-0.15, -0.1) is 0 Å². The van der Waals surface area contributed by atoms with Gasteiger partial charge in [0.25, 0.3) is 0 Å². The van der Waals surface area contributed by atoms with Crippen LogP contribution in [0.4, 0.5) is 17.6 Å². The second kappa shape index (κ2) is 6.00. The van der Waals surface area contributed by atoms with E-state index in [1.807, 2.05) is 6.92 Å². The molecule has 1 unspecified atom stereocenters. The van der Waals surface area contributed by atoms with Crippen LogP contribution >= 0.6 is 0 Å². The average molecular weight is 256 g/mol. The highest BCUT2D eigenvalue weighted by atomic mass is 19.3. The molecular weight excluding hydrogens is 236 g/mol. The minimum absolute atomic E-state index is 0.0487. The Bertz CT molecular complexity index is 228. The Morgan fingerprint density at radius 2 is 2.12 bits per heavy atom. The summed E-state index contributed by atoms with van der Waals surface area (Å²) in [6, 6.07) is 0. The molecule has 1 heterocycles. The Kier molecular flexibility index (Phi) is 5.19. The van der Waals surface area contributed by atoms with Gasteiger partial charge < -0.3 is 10.6 Å². The zero-order valence-electron chi connectivity index (χ0n) is 10.0. The Labute approximate surface area is 99.1 Å². The Hall–Kier alpha value is -0.360. The largest absolute Gasteiger partial charge is 0.319 e. The maximum atomic E-state index is 12.7. The fourth-order valence-electron chi connectivity index (χ4n) is 2.35. The van der Waals surface area contributed by atoms with Crippen molar-refractivity contribution < 1.29 is 17.6 Å². The minimum Gasteiger partial charge on any atom is -0.316 e. The number of rotatable bonds is 7. The summed E-state index contributed by atoms with van der Waals surface area (Å²) in [6.07, 6.45) is -0.797. The van der Waals surface area contributed by atoms with E-state index in [9.17, 15) is 17.6 Å².